The lowest BCUT2D eigenvalue weighted by Gasteiger charge is -2.30. The number of aromatic nitrogens is 4. The standard InChI is InChI=1S/C11H16N6OS/c1-7-9(19-16-14-7)11-13-10(15-18-11)8(2)17-5-3-12-4-6-17/h8,12H,3-6H2,1-2H3. The van der Waals surface area contributed by atoms with Crippen LogP contribution in [0.25, 0.3) is 10.8 Å². The minimum Gasteiger partial charge on any atom is -0.333 e. The van der Waals surface area contributed by atoms with Gasteiger partial charge in [-0.05, 0) is 25.4 Å². The van der Waals surface area contributed by atoms with Crippen molar-refractivity contribution in [1.82, 2.24) is 29.9 Å². The van der Waals surface area contributed by atoms with Gasteiger partial charge in [-0.25, -0.2) is 0 Å². The van der Waals surface area contributed by atoms with E-state index in [-0.39, 0.29) is 6.04 Å². The predicted molar refractivity (Wildman–Crippen MR) is 70.8 cm³/mol. The molecule has 2 aromatic rings. The molecular weight excluding hydrogens is 264 g/mol. The molecule has 1 saturated heterocycles. The summed E-state index contributed by atoms with van der Waals surface area (Å²) in [6.07, 6.45) is 0. The van der Waals surface area contributed by atoms with Gasteiger partial charge < -0.3 is 9.84 Å². The molecule has 3 rings (SSSR count). The third-order valence-corrected chi connectivity index (χ3v) is 4.18. The van der Waals surface area contributed by atoms with E-state index < -0.39 is 0 Å². The Bertz CT molecular complexity index is 547. The monoisotopic (exact) mass is 280 g/mol. The first-order valence-electron chi connectivity index (χ1n) is 6.33. The van der Waals surface area contributed by atoms with Crippen LogP contribution in [0.1, 0.15) is 24.5 Å². The summed E-state index contributed by atoms with van der Waals surface area (Å²) in [7, 11) is 0. The molecule has 0 radical (unpaired) electrons. The van der Waals surface area contributed by atoms with E-state index in [2.05, 4.69) is 36.9 Å². The first-order valence-corrected chi connectivity index (χ1v) is 7.11. The zero-order valence-electron chi connectivity index (χ0n) is 11.0. The molecule has 0 aliphatic carbocycles. The van der Waals surface area contributed by atoms with Crippen molar-refractivity contribution in [2.24, 2.45) is 0 Å². The van der Waals surface area contributed by atoms with Gasteiger partial charge in [0, 0.05) is 26.2 Å². The van der Waals surface area contributed by atoms with E-state index in [0.29, 0.717) is 5.89 Å². The van der Waals surface area contributed by atoms with Gasteiger partial charge in [0.2, 0.25) is 0 Å². The van der Waals surface area contributed by atoms with Gasteiger partial charge in [0.1, 0.15) is 4.88 Å². The molecule has 8 heteroatoms. The van der Waals surface area contributed by atoms with E-state index in [9.17, 15) is 0 Å². The molecule has 102 valence electrons. The molecular formula is C11H16N6OS. The lowest BCUT2D eigenvalue weighted by molar-refractivity contribution is 0.176. The molecule has 3 heterocycles. The summed E-state index contributed by atoms with van der Waals surface area (Å²) in [5.41, 5.74) is 0.829. The molecule has 2 aromatic heterocycles. The van der Waals surface area contributed by atoms with Gasteiger partial charge in [0.25, 0.3) is 5.89 Å². The molecule has 1 unspecified atom stereocenters. The molecule has 1 N–H and O–H groups in total. The number of rotatable bonds is 3. The van der Waals surface area contributed by atoms with Crippen LogP contribution in [0.15, 0.2) is 4.52 Å². The average Bonchev–Trinajstić information content (AvgIpc) is 3.07. The van der Waals surface area contributed by atoms with Gasteiger partial charge in [0.05, 0.1) is 11.7 Å². The van der Waals surface area contributed by atoms with Crippen molar-refractivity contribution in [1.29, 1.82) is 0 Å². The molecule has 0 bridgehead atoms. The van der Waals surface area contributed by atoms with Crippen LogP contribution in [0, 0.1) is 6.92 Å². The first-order chi connectivity index (χ1) is 9.25. The molecule has 1 aliphatic rings. The maximum absolute atomic E-state index is 5.33. The van der Waals surface area contributed by atoms with E-state index in [1.807, 2.05) is 6.92 Å². The Kier molecular flexibility index (Phi) is 3.54. The maximum Gasteiger partial charge on any atom is 0.271 e. The number of piperazine rings is 1. The van der Waals surface area contributed by atoms with E-state index in [1.165, 1.54) is 11.5 Å². The second-order valence-corrected chi connectivity index (χ2v) is 5.36. The van der Waals surface area contributed by atoms with Crippen LogP contribution < -0.4 is 5.32 Å². The molecule has 1 fully saturated rings. The van der Waals surface area contributed by atoms with Crippen LogP contribution in [-0.2, 0) is 0 Å². The third-order valence-electron chi connectivity index (χ3n) is 3.36. The minimum absolute atomic E-state index is 0.167. The molecule has 19 heavy (non-hydrogen) atoms. The van der Waals surface area contributed by atoms with Crippen LogP contribution in [0.5, 0.6) is 0 Å². The maximum atomic E-state index is 5.33. The molecule has 0 amide bonds. The van der Waals surface area contributed by atoms with Gasteiger partial charge in [-0.2, -0.15) is 4.98 Å². The summed E-state index contributed by atoms with van der Waals surface area (Å²) < 4.78 is 9.22. The highest BCUT2D eigenvalue weighted by Crippen LogP contribution is 2.26. The van der Waals surface area contributed by atoms with Gasteiger partial charge >= 0.3 is 0 Å². The zero-order valence-corrected chi connectivity index (χ0v) is 11.8. The summed E-state index contributed by atoms with van der Waals surface area (Å²) >= 11 is 1.28. The largest absolute Gasteiger partial charge is 0.333 e. The number of nitrogens with one attached hydrogen (secondary N) is 1. The minimum atomic E-state index is 0.167. The Labute approximate surface area is 115 Å². The van der Waals surface area contributed by atoms with E-state index in [1.54, 1.807) is 0 Å². The Balaban J connectivity index is 1.79. The van der Waals surface area contributed by atoms with E-state index in [0.717, 1.165) is 42.6 Å². The summed E-state index contributed by atoms with van der Waals surface area (Å²) in [4.78, 5) is 7.68. The number of aryl methyl sites for hydroxylation is 1. The number of hydrogen-bond donors (Lipinski definition) is 1. The Morgan fingerprint density at radius 2 is 2.16 bits per heavy atom. The average molecular weight is 280 g/mol. The van der Waals surface area contributed by atoms with E-state index in [4.69, 9.17) is 4.52 Å². The second-order valence-electron chi connectivity index (χ2n) is 4.61. The fourth-order valence-electron chi connectivity index (χ4n) is 2.16. The van der Waals surface area contributed by atoms with Crippen molar-refractivity contribution in [2.45, 2.75) is 19.9 Å². The molecule has 0 spiro atoms. The fraction of sp³-hybridized carbons (Fsp3) is 0.636. The van der Waals surface area contributed by atoms with Crippen LogP contribution in [-0.4, -0.2) is 50.8 Å². The van der Waals surface area contributed by atoms with Crippen LogP contribution in [0.2, 0.25) is 0 Å². The van der Waals surface area contributed by atoms with Crippen LogP contribution in [0.3, 0.4) is 0 Å². The fourth-order valence-corrected chi connectivity index (χ4v) is 2.74. The lowest BCUT2D eigenvalue weighted by atomic mass is 10.2. The number of nitrogens with zero attached hydrogens (tertiary/aromatic N) is 5. The highest BCUT2D eigenvalue weighted by Gasteiger charge is 2.23. The second kappa shape index (κ2) is 5.32. The van der Waals surface area contributed by atoms with Crippen LogP contribution >= 0.6 is 11.5 Å². The Morgan fingerprint density at radius 1 is 1.37 bits per heavy atom. The van der Waals surface area contributed by atoms with Gasteiger partial charge in [-0.15, -0.1) is 5.10 Å². The van der Waals surface area contributed by atoms with Gasteiger partial charge in [-0.1, -0.05) is 9.64 Å². The van der Waals surface area contributed by atoms with Crippen molar-refractivity contribution >= 4 is 11.5 Å². The number of hydrogen-bond acceptors (Lipinski definition) is 8. The molecule has 1 aliphatic heterocycles. The summed E-state index contributed by atoms with van der Waals surface area (Å²) in [5, 5.41) is 11.4. The summed E-state index contributed by atoms with van der Waals surface area (Å²) in [6.45, 7) is 8.03. The van der Waals surface area contributed by atoms with E-state index >= 15 is 0 Å². The Morgan fingerprint density at radius 3 is 2.84 bits per heavy atom. The van der Waals surface area contributed by atoms with Crippen molar-refractivity contribution in [3.05, 3.63) is 11.5 Å². The van der Waals surface area contributed by atoms with Crippen molar-refractivity contribution < 1.29 is 4.52 Å². The molecule has 0 aromatic carbocycles. The first kappa shape index (κ1) is 12.6. The van der Waals surface area contributed by atoms with Crippen LogP contribution in [0.4, 0.5) is 0 Å². The quantitative estimate of drug-likeness (QED) is 0.893. The predicted octanol–water partition coefficient (Wildman–Crippen LogP) is 0.863. The van der Waals surface area contributed by atoms with Gasteiger partial charge in [-0.3, -0.25) is 4.90 Å². The third kappa shape index (κ3) is 2.51. The zero-order chi connectivity index (χ0) is 13.2. The van der Waals surface area contributed by atoms with Crippen molar-refractivity contribution in [2.75, 3.05) is 26.2 Å². The topological polar surface area (TPSA) is 80.0 Å². The SMILES string of the molecule is Cc1nnsc1-c1nc(C(C)N2CCNCC2)no1. The normalized spacial score (nSPS) is 18.6. The van der Waals surface area contributed by atoms with Gasteiger partial charge in [0.15, 0.2) is 5.82 Å². The summed E-state index contributed by atoms with van der Waals surface area (Å²) in [5.74, 6) is 1.24. The smallest absolute Gasteiger partial charge is 0.271 e. The molecule has 7 nitrogen and oxygen atoms in total. The Hall–Kier alpha value is -1.38. The highest BCUT2D eigenvalue weighted by atomic mass is 32.1. The highest BCUT2D eigenvalue weighted by molar-refractivity contribution is 7.09. The van der Waals surface area contributed by atoms with Crippen molar-refractivity contribution in [3.63, 3.8) is 0 Å². The molecule has 0 saturated carbocycles. The summed E-state index contributed by atoms with van der Waals surface area (Å²) in [6, 6.07) is 0.167. The van der Waals surface area contributed by atoms with Crippen molar-refractivity contribution in [3.8, 4) is 10.8 Å². The lowest BCUT2D eigenvalue weighted by Crippen LogP contribution is -2.44. The molecule has 1 atom stereocenters.